The molecule has 5 heteroatoms. The first-order chi connectivity index (χ1) is 8.16. The van der Waals surface area contributed by atoms with Crippen LogP contribution in [0.15, 0.2) is 0 Å². The Balaban J connectivity index is 0. The second kappa shape index (κ2) is 12.5. The van der Waals surface area contributed by atoms with E-state index in [1.165, 1.54) is 19.2 Å². The SMILES string of the molecule is CC.CCl.CSC(C1CCC[NH2+]1)C(C)C(=O)O. The van der Waals surface area contributed by atoms with Crippen molar-refractivity contribution in [3.05, 3.63) is 0 Å². The second-order valence-corrected chi connectivity index (χ2v) is 4.67. The topological polar surface area (TPSA) is 53.9 Å². The van der Waals surface area contributed by atoms with Crippen LogP contribution in [0.3, 0.4) is 0 Å². The molecule has 1 aliphatic rings. The number of hydrogen-bond acceptors (Lipinski definition) is 2. The van der Waals surface area contributed by atoms with Gasteiger partial charge in [-0.3, -0.25) is 4.79 Å². The van der Waals surface area contributed by atoms with Crippen LogP contribution in [0.1, 0.15) is 33.6 Å². The van der Waals surface area contributed by atoms with Crippen LogP contribution in [0, 0.1) is 5.92 Å². The fraction of sp³-hybridized carbons (Fsp3) is 0.917. The van der Waals surface area contributed by atoms with Gasteiger partial charge in [0.15, 0.2) is 0 Å². The molecule has 104 valence electrons. The van der Waals surface area contributed by atoms with Gasteiger partial charge in [-0.1, -0.05) is 20.8 Å². The van der Waals surface area contributed by atoms with Crippen LogP contribution in [0.4, 0.5) is 0 Å². The van der Waals surface area contributed by atoms with E-state index in [4.69, 9.17) is 5.11 Å². The normalized spacial score (nSPS) is 21.4. The number of carboxylic acids is 1. The van der Waals surface area contributed by atoms with Crippen LogP contribution in [0.25, 0.3) is 0 Å². The average molecular weight is 285 g/mol. The molecule has 1 fully saturated rings. The summed E-state index contributed by atoms with van der Waals surface area (Å²) in [5.74, 6) is -0.894. The summed E-state index contributed by atoms with van der Waals surface area (Å²) in [6, 6.07) is 0.515. The van der Waals surface area contributed by atoms with E-state index >= 15 is 0 Å². The molecule has 0 aromatic rings. The number of halogens is 1. The van der Waals surface area contributed by atoms with Gasteiger partial charge in [0.25, 0.3) is 0 Å². The zero-order valence-electron chi connectivity index (χ0n) is 11.6. The molecule has 3 N–H and O–H groups in total. The molecule has 0 bridgehead atoms. The van der Waals surface area contributed by atoms with Crippen molar-refractivity contribution in [3.8, 4) is 0 Å². The van der Waals surface area contributed by atoms with Crippen molar-refractivity contribution in [3.63, 3.8) is 0 Å². The van der Waals surface area contributed by atoms with Gasteiger partial charge >= 0.3 is 5.97 Å². The molecule has 1 heterocycles. The predicted molar refractivity (Wildman–Crippen MR) is 77.0 cm³/mol. The summed E-state index contributed by atoms with van der Waals surface area (Å²) in [7, 11) is 0. The van der Waals surface area contributed by atoms with Gasteiger partial charge in [0, 0.05) is 19.2 Å². The average Bonchev–Trinajstić information content (AvgIpc) is 2.88. The van der Waals surface area contributed by atoms with Crippen LogP contribution in [0.2, 0.25) is 0 Å². The Hall–Kier alpha value is 0.0700. The zero-order valence-corrected chi connectivity index (χ0v) is 13.1. The van der Waals surface area contributed by atoms with E-state index in [2.05, 4.69) is 16.9 Å². The Morgan fingerprint density at radius 2 is 2.00 bits per heavy atom. The summed E-state index contributed by atoms with van der Waals surface area (Å²) in [5, 5.41) is 11.5. The molecular weight excluding hydrogens is 258 g/mol. The van der Waals surface area contributed by atoms with Gasteiger partial charge < -0.3 is 10.4 Å². The van der Waals surface area contributed by atoms with E-state index in [1.807, 2.05) is 27.0 Å². The molecule has 0 aliphatic carbocycles. The third-order valence-corrected chi connectivity index (χ3v) is 4.09. The number of quaternary nitrogens is 1. The first kappa shape index (κ1) is 19.4. The molecule has 0 aromatic heterocycles. The van der Waals surface area contributed by atoms with Crippen LogP contribution in [-0.4, -0.2) is 41.6 Å². The van der Waals surface area contributed by atoms with Gasteiger partial charge in [0.05, 0.1) is 23.8 Å². The molecule has 1 aliphatic heterocycles. The van der Waals surface area contributed by atoms with Crippen molar-refractivity contribution in [2.45, 2.75) is 44.9 Å². The maximum atomic E-state index is 10.8. The van der Waals surface area contributed by atoms with Crippen LogP contribution >= 0.6 is 23.4 Å². The summed E-state index contributed by atoms with van der Waals surface area (Å²) in [5.41, 5.74) is 0. The van der Waals surface area contributed by atoms with Gasteiger partial charge in [-0.15, -0.1) is 11.6 Å². The molecular formula is C12H27ClNO2S+. The minimum absolute atomic E-state index is 0.227. The first-order valence-electron chi connectivity index (χ1n) is 6.13. The standard InChI is InChI=1S/C9H17NO2S.C2H6.CH3Cl/c1-6(9(11)12)8(13-2)7-4-3-5-10-7;2*1-2/h6-8,10H,3-5H2,1-2H3,(H,11,12);1-2H3;1H3/p+1. The molecule has 0 radical (unpaired) electrons. The summed E-state index contributed by atoms with van der Waals surface area (Å²) in [4.78, 5) is 10.8. The molecule has 0 spiro atoms. The van der Waals surface area contributed by atoms with Crippen LogP contribution < -0.4 is 5.32 Å². The summed E-state index contributed by atoms with van der Waals surface area (Å²) in [6.45, 7) is 6.98. The maximum Gasteiger partial charge on any atom is 0.307 e. The van der Waals surface area contributed by atoms with Crippen molar-refractivity contribution >= 4 is 29.3 Å². The minimum Gasteiger partial charge on any atom is -0.481 e. The first-order valence-corrected chi connectivity index (χ1v) is 8.18. The zero-order chi connectivity index (χ0) is 13.8. The Bertz CT molecular complexity index is 187. The molecule has 0 amide bonds. The van der Waals surface area contributed by atoms with Crippen LogP contribution in [0.5, 0.6) is 0 Å². The maximum absolute atomic E-state index is 10.8. The Labute approximate surface area is 115 Å². The number of thioether (sulfide) groups is 1. The van der Waals surface area contributed by atoms with Crippen molar-refractivity contribution in [1.29, 1.82) is 0 Å². The lowest BCUT2D eigenvalue weighted by Gasteiger charge is -2.22. The largest absolute Gasteiger partial charge is 0.481 e. The Morgan fingerprint density at radius 3 is 2.29 bits per heavy atom. The molecule has 3 nitrogen and oxygen atoms in total. The lowest BCUT2D eigenvalue weighted by atomic mass is 10.00. The number of alkyl halides is 1. The number of carbonyl (C=O) groups is 1. The number of hydrogen-bond donors (Lipinski definition) is 2. The van der Waals surface area contributed by atoms with Crippen molar-refractivity contribution < 1.29 is 15.2 Å². The van der Waals surface area contributed by atoms with E-state index in [9.17, 15) is 4.79 Å². The van der Waals surface area contributed by atoms with Crippen molar-refractivity contribution in [1.82, 2.24) is 0 Å². The van der Waals surface area contributed by atoms with E-state index in [0.717, 1.165) is 6.54 Å². The molecule has 17 heavy (non-hydrogen) atoms. The molecule has 1 saturated heterocycles. The fourth-order valence-electron chi connectivity index (χ4n) is 1.99. The number of aliphatic carboxylic acids is 1. The molecule has 3 unspecified atom stereocenters. The lowest BCUT2D eigenvalue weighted by molar-refractivity contribution is -0.669. The van der Waals surface area contributed by atoms with Crippen molar-refractivity contribution in [2.75, 3.05) is 19.2 Å². The Morgan fingerprint density at radius 1 is 1.47 bits per heavy atom. The summed E-state index contributed by atoms with van der Waals surface area (Å²) in [6.07, 6.45) is 5.88. The summed E-state index contributed by atoms with van der Waals surface area (Å²) < 4.78 is 0. The minimum atomic E-state index is -0.667. The molecule has 3 atom stereocenters. The highest BCUT2D eigenvalue weighted by Gasteiger charge is 2.34. The van der Waals surface area contributed by atoms with E-state index in [1.54, 1.807) is 11.8 Å². The van der Waals surface area contributed by atoms with Crippen LogP contribution in [-0.2, 0) is 4.79 Å². The van der Waals surface area contributed by atoms with Gasteiger partial charge in [-0.05, 0) is 6.26 Å². The second-order valence-electron chi connectivity index (χ2n) is 3.66. The van der Waals surface area contributed by atoms with E-state index < -0.39 is 5.97 Å². The van der Waals surface area contributed by atoms with Gasteiger partial charge in [0.1, 0.15) is 0 Å². The fourth-order valence-corrected chi connectivity index (χ4v) is 3.11. The molecule has 0 saturated carbocycles. The predicted octanol–water partition coefficient (Wildman–Crippen LogP) is 2.05. The third-order valence-electron chi connectivity index (χ3n) is 2.79. The number of carboxylic acid groups (broad SMARTS) is 1. The third kappa shape index (κ3) is 7.17. The monoisotopic (exact) mass is 284 g/mol. The van der Waals surface area contributed by atoms with Crippen molar-refractivity contribution in [2.24, 2.45) is 5.92 Å². The van der Waals surface area contributed by atoms with Gasteiger partial charge in [-0.2, -0.15) is 11.8 Å². The molecule has 0 aromatic carbocycles. The smallest absolute Gasteiger partial charge is 0.307 e. The number of rotatable bonds is 4. The number of nitrogens with two attached hydrogens (primary N) is 1. The highest BCUT2D eigenvalue weighted by Crippen LogP contribution is 2.23. The van der Waals surface area contributed by atoms with E-state index in [-0.39, 0.29) is 11.2 Å². The summed E-state index contributed by atoms with van der Waals surface area (Å²) >= 11 is 6.33. The Kier molecular flexibility index (Phi) is 14.3. The molecule has 1 rings (SSSR count). The highest BCUT2D eigenvalue weighted by atomic mass is 35.5. The quantitative estimate of drug-likeness (QED) is 0.777. The van der Waals surface area contributed by atoms with Gasteiger partial charge in [0.2, 0.25) is 0 Å². The highest BCUT2D eigenvalue weighted by molar-refractivity contribution is 7.99. The van der Waals surface area contributed by atoms with Gasteiger partial charge in [-0.25, -0.2) is 0 Å². The lowest BCUT2D eigenvalue weighted by Crippen LogP contribution is -2.89. The van der Waals surface area contributed by atoms with E-state index in [0.29, 0.717) is 6.04 Å².